The van der Waals surface area contributed by atoms with Crippen molar-refractivity contribution >= 4 is 5.91 Å². The Morgan fingerprint density at radius 3 is 2.27 bits per heavy atom. The fourth-order valence-electron chi connectivity index (χ4n) is 3.55. The van der Waals surface area contributed by atoms with Crippen molar-refractivity contribution in [2.45, 2.75) is 31.8 Å². The summed E-state index contributed by atoms with van der Waals surface area (Å²) in [7, 11) is 1.59. The first-order valence-corrected chi connectivity index (χ1v) is 10.0. The van der Waals surface area contributed by atoms with Crippen LogP contribution in [0.4, 0.5) is 8.78 Å². The Kier molecular flexibility index (Phi) is 7.31. The van der Waals surface area contributed by atoms with Crippen molar-refractivity contribution in [1.82, 2.24) is 10.6 Å². The number of halogens is 2. The summed E-state index contributed by atoms with van der Waals surface area (Å²) in [5.41, 5.74) is 2.82. The van der Waals surface area contributed by atoms with Gasteiger partial charge < -0.3 is 5.32 Å². The molecule has 30 heavy (non-hydrogen) atoms. The van der Waals surface area contributed by atoms with Gasteiger partial charge in [0.15, 0.2) is 0 Å². The maximum absolute atomic E-state index is 14.1. The average molecular weight is 408 g/mol. The molecule has 0 saturated heterocycles. The summed E-state index contributed by atoms with van der Waals surface area (Å²) in [4.78, 5) is 12.6. The molecule has 0 aliphatic heterocycles. The lowest BCUT2D eigenvalue weighted by molar-refractivity contribution is -0.123. The smallest absolute Gasteiger partial charge is 0.241 e. The third-order valence-electron chi connectivity index (χ3n) is 5.25. The zero-order chi connectivity index (χ0) is 21.5. The second kappa shape index (κ2) is 10.1. The second-order valence-electron chi connectivity index (χ2n) is 7.32. The number of nitrogens with one attached hydrogen (secondary N) is 2. The molecule has 5 heteroatoms. The van der Waals surface area contributed by atoms with Crippen LogP contribution in [0.15, 0.2) is 72.8 Å². The van der Waals surface area contributed by atoms with Gasteiger partial charge in [-0.3, -0.25) is 10.1 Å². The highest BCUT2D eigenvalue weighted by Gasteiger charge is 2.24. The van der Waals surface area contributed by atoms with Gasteiger partial charge in [0, 0.05) is 13.1 Å². The van der Waals surface area contributed by atoms with E-state index in [0.717, 1.165) is 11.1 Å². The molecule has 2 N–H and O–H groups in total. The lowest BCUT2D eigenvalue weighted by Gasteiger charge is -2.26. The minimum atomic E-state index is -0.591. The van der Waals surface area contributed by atoms with Gasteiger partial charge in [-0.1, -0.05) is 60.7 Å². The van der Waals surface area contributed by atoms with Crippen LogP contribution in [0.1, 0.15) is 40.8 Å². The van der Waals surface area contributed by atoms with E-state index >= 15 is 0 Å². The normalized spacial score (nSPS) is 12.9. The number of aryl methyl sites for hydroxylation is 2. The highest BCUT2D eigenvalue weighted by Crippen LogP contribution is 2.26. The number of carbonyl (C=O) groups is 1. The largest absolute Gasteiger partial charge is 0.358 e. The van der Waals surface area contributed by atoms with Crippen molar-refractivity contribution in [3.63, 3.8) is 0 Å². The summed E-state index contributed by atoms with van der Waals surface area (Å²) in [6.45, 7) is 1.71. The molecular formula is C25H26F2N2O. The van der Waals surface area contributed by atoms with Crippen LogP contribution >= 0.6 is 0 Å². The quantitative estimate of drug-likeness (QED) is 0.549. The lowest BCUT2D eigenvalue weighted by Crippen LogP contribution is -2.38. The molecule has 0 aliphatic carbocycles. The highest BCUT2D eigenvalue weighted by atomic mass is 19.1. The molecule has 0 heterocycles. The average Bonchev–Trinajstić information content (AvgIpc) is 2.77. The molecule has 1 amide bonds. The number of hydrogen-bond acceptors (Lipinski definition) is 2. The van der Waals surface area contributed by atoms with E-state index < -0.39 is 6.04 Å². The van der Waals surface area contributed by atoms with Crippen LogP contribution in [0.3, 0.4) is 0 Å². The molecule has 0 radical (unpaired) electrons. The third kappa shape index (κ3) is 5.30. The molecule has 3 aromatic rings. The Morgan fingerprint density at radius 1 is 0.900 bits per heavy atom. The number of benzene rings is 3. The van der Waals surface area contributed by atoms with Crippen LogP contribution < -0.4 is 10.6 Å². The molecule has 0 spiro atoms. The van der Waals surface area contributed by atoms with Crippen molar-refractivity contribution in [1.29, 1.82) is 0 Å². The van der Waals surface area contributed by atoms with Gasteiger partial charge in [0.1, 0.15) is 17.7 Å². The summed E-state index contributed by atoms with van der Waals surface area (Å²) in [6.07, 6.45) is 1.03. The fourth-order valence-corrected chi connectivity index (χ4v) is 3.55. The van der Waals surface area contributed by atoms with E-state index in [9.17, 15) is 13.6 Å². The third-order valence-corrected chi connectivity index (χ3v) is 5.25. The number of hydrogen-bond donors (Lipinski definition) is 2. The van der Waals surface area contributed by atoms with Gasteiger partial charge in [-0.2, -0.15) is 0 Å². The fraction of sp³-hybridized carbons (Fsp3) is 0.240. The topological polar surface area (TPSA) is 41.1 Å². The van der Waals surface area contributed by atoms with E-state index in [1.54, 1.807) is 44.3 Å². The molecule has 3 nitrogen and oxygen atoms in total. The zero-order valence-corrected chi connectivity index (χ0v) is 17.2. The van der Waals surface area contributed by atoms with E-state index in [1.807, 2.05) is 30.3 Å². The van der Waals surface area contributed by atoms with Gasteiger partial charge in [0.25, 0.3) is 0 Å². The predicted octanol–water partition coefficient (Wildman–Crippen LogP) is 5.02. The first-order valence-electron chi connectivity index (χ1n) is 10.0. The Balaban J connectivity index is 1.91. The SMILES string of the molecule is CNC(=O)[C@@H](N[C@H](CCc1ccccc1F)c1ccc(F)c(C)c1)c1ccccc1. The van der Waals surface area contributed by atoms with Gasteiger partial charge in [0.05, 0.1) is 0 Å². The maximum atomic E-state index is 14.1. The molecule has 2 atom stereocenters. The molecule has 0 aromatic heterocycles. The molecule has 0 fully saturated rings. The molecule has 3 rings (SSSR count). The summed E-state index contributed by atoms with van der Waals surface area (Å²) in [5, 5.41) is 6.12. The molecular weight excluding hydrogens is 382 g/mol. The van der Waals surface area contributed by atoms with Crippen LogP contribution in [0.25, 0.3) is 0 Å². The molecule has 0 saturated carbocycles. The van der Waals surface area contributed by atoms with Crippen molar-refractivity contribution in [2.75, 3.05) is 7.05 Å². The Labute approximate surface area is 176 Å². The maximum Gasteiger partial charge on any atom is 0.241 e. The van der Waals surface area contributed by atoms with Gasteiger partial charge in [-0.25, -0.2) is 8.78 Å². The molecule has 0 aliphatic rings. The number of rotatable bonds is 8. The summed E-state index contributed by atoms with van der Waals surface area (Å²) >= 11 is 0. The van der Waals surface area contributed by atoms with E-state index in [4.69, 9.17) is 0 Å². The summed E-state index contributed by atoms with van der Waals surface area (Å²) in [6, 6.07) is 20.2. The second-order valence-corrected chi connectivity index (χ2v) is 7.32. The first-order chi connectivity index (χ1) is 14.5. The van der Waals surface area contributed by atoms with Crippen molar-refractivity contribution in [3.8, 4) is 0 Å². The van der Waals surface area contributed by atoms with Gasteiger partial charge in [-0.05, 0) is 54.2 Å². The minimum Gasteiger partial charge on any atom is -0.358 e. The highest BCUT2D eigenvalue weighted by molar-refractivity contribution is 5.83. The number of amides is 1. The minimum absolute atomic E-state index is 0.170. The van der Waals surface area contributed by atoms with E-state index in [2.05, 4.69) is 10.6 Å². The van der Waals surface area contributed by atoms with E-state index in [1.165, 1.54) is 12.1 Å². The van der Waals surface area contributed by atoms with Crippen molar-refractivity contribution < 1.29 is 13.6 Å². The van der Waals surface area contributed by atoms with Crippen LogP contribution in [0.2, 0.25) is 0 Å². The molecule has 156 valence electrons. The Bertz CT molecular complexity index is 991. The summed E-state index contributed by atoms with van der Waals surface area (Å²) < 4.78 is 28.0. The van der Waals surface area contributed by atoms with Gasteiger partial charge >= 0.3 is 0 Å². The molecule has 0 bridgehead atoms. The zero-order valence-electron chi connectivity index (χ0n) is 17.2. The van der Waals surface area contributed by atoms with Gasteiger partial charge in [0.2, 0.25) is 5.91 Å². The van der Waals surface area contributed by atoms with Crippen LogP contribution in [0.5, 0.6) is 0 Å². The monoisotopic (exact) mass is 408 g/mol. The summed E-state index contributed by atoms with van der Waals surface area (Å²) in [5.74, 6) is -0.703. The van der Waals surface area contributed by atoms with E-state index in [0.29, 0.717) is 24.0 Å². The Morgan fingerprint density at radius 2 is 1.60 bits per heavy atom. The van der Waals surface area contributed by atoms with Crippen LogP contribution in [0, 0.1) is 18.6 Å². The predicted molar refractivity (Wildman–Crippen MR) is 115 cm³/mol. The molecule has 3 aromatic carbocycles. The Hall–Kier alpha value is -3.05. The number of carbonyl (C=O) groups excluding carboxylic acids is 1. The number of likely N-dealkylation sites (N-methyl/N-ethyl adjacent to an activating group) is 1. The molecule has 0 unspecified atom stereocenters. The lowest BCUT2D eigenvalue weighted by atomic mass is 9.95. The van der Waals surface area contributed by atoms with Crippen LogP contribution in [-0.2, 0) is 11.2 Å². The van der Waals surface area contributed by atoms with E-state index in [-0.39, 0.29) is 23.6 Å². The first kappa shape index (κ1) is 21.7. The van der Waals surface area contributed by atoms with Gasteiger partial charge in [-0.15, -0.1) is 0 Å². The standard InChI is InChI=1S/C25H26F2N2O/c1-17-16-20(12-14-21(17)26)23(15-13-18-8-6-7-11-22(18)27)29-24(25(30)28-2)19-9-4-3-5-10-19/h3-12,14,16,23-24,29H,13,15H2,1-2H3,(H,28,30)/t23-,24+/m1/s1. The van der Waals surface area contributed by atoms with Crippen molar-refractivity contribution in [2.24, 2.45) is 0 Å². The van der Waals surface area contributed by atoms with Crippen molar-refractivity contribution in [3.05, 3.63) is 107 Å². The van der Waals surface area contributed by atoms with Crippen LogP contribution in [-0.4, -0.2) is 13.0 Å².